The van der Waals surface area contributed by atoms with E-state index < -0.39 is 16.0 Å². The summed E-state index contributed by atoms with van der Waals surface area (Å²) in [6.07, 6.45) is 7.16. The number of imidazole rings is 1. The molecule has 11 heteroatoms. The van der Waals surface area contributed by atoms with E-state index in [0.29, 0.717) is 6.54 Å². The van der Waals surface area contributed by atoms with Gasteiger partial charge in [0.05, 0.1) is 10.5 Å². The van der Waals surface area contributed by atoms with Gasteiger partial charge in [0, 0.05) is 37.0 Å². The van der Waals surface area contributed by atoms with Crippen LogP contribution in [0, 0.1) is 0 Å². The monoisotopic (exact) mass is 423 g/mol. The number of hydrogen-bond acceptors (Lipinski definition) is 7. The van der Waals surface area contributed by atoms with Crippen LogP contribution in [0.3, 0.4) is 0 Å². The number of carboxylic acids is 1. The highest BCUT2D eigenvalue weighted by Gasteiger charge is 2.14. The van der Waals surface area contributed by atoms with Crippen molar-refractivity contribution in [3.05, 3.63) is 42.2 Å². The molecule has 150 valence electrons. The summed E-state index contributed by atoms with van der Waals surface area (Å²) < 4.78 is 33.1. The molecule has 3 N–H and O–H groups in total. The van der Waals surface area contributed by atoms with Crippen LogP contribution in [-0.4, -0.2) is 46.3 Å². The molecule has 3 aromatic rings. The zero-order valence-electron chi connectivity index (χ0n) is 15.0. The van der Waals surface area contributed by atoms with E-state index in [0.717, 1.165) is 43.1 Å². The van der Waals surface area contributed by atoms with Crippen LogP contribution in [0.4, 0.5) is 5.95 Å². The van der Waals surface area contributed by atoms with Gasteiger partial charge in [-0.25, -0.2) is 22.9 Å². The Balaban J connectivity index is 1.32. The van der Waals surface area contributed by atoms with Crippen LogP contribution in [0.25, 0.3) is 4.96 Å². The normalized spacial score (nSPS) is 11.7. The molecule has 28 heavy (non-hydrogen) atoms. The number of benzene rings is 1. The minimum Gasteiger partial charge on any atom is -0.478 e. The lowest BCUT2D eigenvalue weighted by Gasteiger charge is -2.07. The van der Waals surface area contributed by atoms with Crippen molar-refractivity contribution in [1.82, 2.24) is 18.5 Å². The van der Waals surface area contributed by atoms with Crippen molar-refractivity contribution in [2.24, 2.45) is 0 Å². The molecule has 0 atom stereocenters. The van der Waals surface area contributed by atoms with Crippen LogP contribution in [0.1, 0.15) is 36.0 Å². The van der Waals surface area contributed by atoms with Crippen molar-refractivity contribution in [2.45, 2.75) is 30.6 Å². The van der Waals surface area contributed by atoms with Crippen LogP contribution in [-0.2, 0) is 10.0 Å². The van der Waals surface area contributed by atoms with Crippen molar-refractivity contribution in [3.63, 3.8) is 0 Å². The summed E-state index contributed by atoms with van der Waals surface area (Å²) in [5, 5.41) is 12.1. The van der Waals surface area contributed by atoms with Crippen molar-refractivity contribution >= 4 is 38.4 Å². The first kappa shape index (κ1) is 20.2. The number of sulfonamides is 1. The number of aromatic nitrogens is 3. The molecule has 0 bridgehead atoms. The van der Waals surface area contributed by atoms with Gasteiger partial charge < -0.3 is 10.4 Å². The van der Waals surface area contributed by atoms with Gasteiger partial charge >= 0.3 is 5.97 Å². The predicted molar refractivity (Wildman–Crippen MR) is 106 cm³/mol. The summed E-state index contributed by atoms with van der Waals surface area (Å²) in [6, 6.07) is 5.16. The summed E-state index contributed by atoms with van der Waals surface area (Å²) in [5.41, 5.74) is 0.0546. The number of aromatic carboxylic acids is 1. The number of hydrogen-bond donors (Lipinski definition) is 3. The van der Waals surface area contributed by atoms with Gasteiger partial charge in [-0.3, -0.25) is 4.40 Å². The van der Waals surface area contributed by atoms with Gasteiger partial charge in [0.2, 0.25) is 20.9 Å². The molecule has 0 aliphatic rings. The highest BCUT2D eigenvalue weighted by atomic mass is 32.2. The third-order valence-corrected chi connectivity index (χ3v) is 6.35. The average Bonchev–Trinajstić information content (AvgIpc) is 3.28. The Hall–Kier alpha value is -2.50. The first-order chi connectivity index (χ1) is 13.5. The number of nitrogens with zero attached hydrogens (tertiary/aromatic N) is 3. The van der Waals surface area contributed by atoms with E-state index in [2.05, 4.69) is 19.4 Å². The largest absolute Gasteiger partial charge is 0.478 e. The molecule has 3 rings (SSSR count). The molecule has 9 nitrogen and oxygen atoms in total. The number of anilines is 1. The van der Waals surface area contributed by atoms with Gasteiger partial charge in [0.15, 0.2) is 0 Å². The van der Waals surface area contributed by atoms with Crippen molar-refractivity contribution in [1.29, 1.82) is 0 Å². The average molecular weight is 424 g/mol. The molecule has 2 aromatic heterocycles. The zero-order chi connectivity index (χ0) is 20.0. The minimum absolute atomic E-state index is 0.0546. The van der Waals surface area contributed by atoms with Crippen LogP contribution >= 0.6 is 11.5 Å². The van der Waals surface area contributed by atoms with Gasteiger partial charge in [-0.1, -0.05) is 12.8 Å². The fourth-order valence-electron chi connectivity index (χ4n) is 2.63. The molecule has 1 aromatic carbocycles. The SMILES string of the molecule is O=C(O)c1ccc(S(=O)(=O)NCCCCCCNc2nsc3nccn23)cc1. The van der Waals surface area contributed by atoms with Crippen LogP contribution in [0.5, 0.6) is 0 Å². The number of unbranched alkanes of at least 4 members (excludes halogenated alkanes) is 3. The van der Waals surface area contributed by atoms with Crippen LogP contribution in [0.15, 0.2) is 41.6 Å². The Morgan fingerprint density at radius 3 is 2.54 bits per heavy atom. The van der Waals surface area contributed by atoms with Crippen molar-refractivity contribution in [3.8, 4) is 0 Å². The number of carbonyl (C=O) groups is 1. The first-order valence-corrected chi connectivity index (χ1v) is 11.1. The van der Waals surface area contributed by atoms with E-state index in [4.69, 9.17) is 5.11 Å². The van der Waals surface area contributed by atoms with Crippen molar-refractivity contribution < 1.29 is 18.3 Å². The summed E-state index contributed by atoms with van der Waals surface area (Å²) in [4.78, 5) is 15.9. The van der Waals surface area contributed by atoms with Crippen LogP contribution < -0.4 is 10.0 Å². The number of carboxylic acid groups (broad SMARTS) is 1. The second-order valence-corrected chi connectivity index (χ2v) is 8.65. The Kier molecular flexibility index (Phi) is 6.60. The van der Waals surface area contributed by atoms with E-state index in [-0.39, 0.29) is 10.5 Å². The molecule has 0 unspecified atom stereocenters. The smallest absolute Gasteiger partial charge is 0.335 e. The molecule has 0 aliphatic carbocycles. The van der Waals surface area contributed by atoms with Crippen molar-refractivity contribution in [2.75, 3.05) is 18.4 Å². The Bertz CT molecular complexity index is 1030. The lowest BCUT2D eigenvalue weighted by atomic mass is 10.2. The Morgan fingerprint density at radius 2 is 1.82 bits per heavy atom. The summed E-state index contributed by atoms with van der Waals surface area (Å²) in [6.45, 7) is 1.14. The maximum atomic E-state index is 12.2. The van der Waals surface area contributed by atoms with Gasteiger partial charge in [-0.2, -0.15) is 4.37 Å². The fraction of sp³-hybridized carbons (Fsp3) is 0.353. The summed E-state index contributed by atoms with van der Waals surface area (Å²) >= 11 is 1.34. The predicted octanol–water partition coefficient (Wildman–Crippen LogP) is 2.44. The maximum absolute atomic E-state index is 12.2. The van der Waals surface area contributed by atoms with E-state index in [9.17, 15) is 13.2 Å². The molecule has 0 amide bonds. The Labute approximate surface area is 166 Å². The van der Waals surface area contributed by atoms with E-state index in [1.54, 1.807) is 6.20 Å². The van der Waals surface area contributed by atoms with Gasteiger partial charge in [-0.15, -0.1) is 0 Å². The topological polar surface area (TPSA) is 126 Å². The molecule has 0 radical (unpaired) electrons. The second kappa shape index (κ2) is 9.13. The van der Waals surface area contributed by atoms with E-state index in [1.165, 1.54) is 35.8 Å². The Morgan fingerprint density at radius 1 is 1.11 bits per heavy atom. The lowest BCUT2D eigenvalue weighted by molar-refractivity contribution is 0.0696. The first-order valence-electron chi connectivity index (χ1n) is 8.83. The molecule has 0 fully saturated rings. The van der Waals surface area contributed by atoms with E-state index >= 15 is 0 Å². The molecule has 2 heterocycles. The highest BCUT2D eigenvalue weighted by molar-refractivity contribution is 7.89. The van der Waals surface area contributed by atoms with Gasteiger partial charge in [-0.05, 0) is 37.1 Å². The third-order valence-electron chi connectivity index (χ3n) is 4.14. The van der Waals surface area contributed by atoms with Crippen LogP contribution in [0.2, 0.25) is 0 Å². The molecule has 0 saturated carbocycles. The molecular formula is C17H21N5O4S2. The fourth-order valence-corrected chi connectivity index (χ4v) is 4.37. The molecule has 0 aliphatic heterocycles. The van der Waals surface area contributed by atoms with E-state index in [1.807, 2.05) is 10.6 Å². The lowest BCUT2D eigenvalue weighted by Crippen LogP contribution is -2.24. The standard InChI is InChI=1S/C17H21N5O4S2/c23-15(24)13-5-7-14(8-6-13)28(25,26)20-10-4-2-1-3-9-18-16-21-27-17-19-11-12-22(16)17/h5-8,11-12,20H,1-4,9-10H2,(H,18,21)(H,23,24). The highest BCUT2D eigenvalue weighted by Crippen LogP contribution is 2.14. The third kappa shape index (κ3) is 5.06. The number of rotatable bonds is 11. The van der Waals surface area contributed by atoms with Gasteiger partial charge in [0.1, 0.15) is 0 Å². The zero-order valence-corrected chi connectivity index (χ0v) is 16.7. The molecular weight excluding hydrogens is 402 g/mol. The number of nitrogens with one attached hydrogen (secondary N) is 2. The maximum Gasteiger partial charge on any atom is 0.335 e. The minimum atomic E-state index is -3.62. The second-order valence-electron chi connectivity index (χ2n) is 6.15. The van der Waals surface area contributed by atoms with Gasteiger partial charge in [0.25, 0.3) is 0 Å². The number of fused-ring (bicyclic) bond motifs is 1. The quantitative estimate of drug-likeness (QED) is 0.404. The summed E-state index contributed by atoms with van der Waals surface area (Å²) in [7, 11) is -3.62. The molecule has 0 spiro atoms. The summed E-state index contributed by atoms with van der Waals surface area (Å²) in [5.74, 6) is -0.296. The molecule has 0 saturated heterocycles.